The summed E-state index contributed by atoms with van der Waals surface area (Å²) in [7, 11) is 0. The number of nitrogens with one attached hydrogen (secondary N) is 1. The van der Waals surface area contributed by atoms with Crippen LogP contribution in [-0.2, 0) is 0 Å². The van der Waals surface area contributed by atoms with Gasteiger partial charge in [-0.1, -0.05) is 29.8 Å². The number of amides is 1. The second-order valence-corrected chi connectivity index (χ2v) is 4.89. The van der Waals surface area contributed by atoms with Crippen LogP contribution in [0, 0.1) is 6.92 Å². The Hall–Kier alpha value is -1.88. The first-order valence-electron chi connectivity index (χ1n) is 5.73. The lowest BCUT2D eigenvalue weighted by molar-refractivity contribution is 0.0926. The summed E-state index contributed by atoms with van der Waals surface area (Å²) in [5.41, 5.74) is 5.32. The van der Waals surface area contributed by atoms with Crippen LogP contribution in [0.25, 0.3) is 0 Å². The fourth-order valence-electron chi connectivity index (χ4n) is 1.56. The van der Waals surface area contributed by atoms with Crippen molar-refractivity contribution >= 4 is 27.5 Å². The minimum atomic E-state index is -0.377. The number of rotatable bonds is 3. The van der Waals surface area contributed by atoms with Crippen LogP contribution in [-0.4, -0.2) is 11.6 Å². The first kappa shape index (κ1) is 13.5. The predicted octanol–water partition coefficient (Wildman–Crippen LogP) is 3.50. The Morgan fingerprint density at radius 3 is 2.74 bits per heavy atom. The maximum atomic E-state index is 11.7. The SMILES string of the molecule is C/C(=N\NC(=O)c1ccc(Br)o1)c1cccc(C)c1. The highest BCUT2D eigenvalue weighted by Gasteiger charge is 2.09. The molecule has 0 fully saturated rings. The number of hydrazone groups is 1. The first-order chi connectivity index (χ1) is 9.06. The molecule has 0 aliphatic heterocycles. The summed E-state index contributed by atoms with van der Waals surface area (Å²) in [6.07, 6.45) is 0. The van der Waals surface area contributed by atoms with Gasteiger partial charge in [0.25, 0.3) is 0 Å². The van der Waals surface area contributed by atoms with E-state index in [4.69, 9.17) is 4.42 Å². The van der Waals surface area contributed by atoms with Gasteiger partial charge in [-0.3, -0.25) is 4.79 Å². The molecule has 1 amide bonds. The van der Waals surface area contributed by atoms with Crippen LogP contribution in [0.5, 0.6) is 0 Å². The van der Waals surface area contributed by atoms with E-state index in [2.05, 4.69) is 26.5 Å². The summed E-state index contributed by atoms with van der Waals surface area (Å²) >= 11 is 3.14. The van der Waals surface area contributed by atoms with E-state index in [0.717, 1.165) is 16.8 Å². The Morgan fingerprint density at radius 1 is 1.32 bits per heavy atom. The quantitative estimate of drug-likeness (QED) is 0.695. The Bertz CT molecular complexity index is 632. The smallest absolute Gasteiger partial charge is 0.307 e. The second kappa shape index (κ2) is 5.84. The van der Waals surface area contributed by atoms with Crippen molar-refractivity contribution in [3.8, 4) is 0 Å². The zero-order chi connectivity index (χ0) is 13.8. The summed E-state index contributed by atoms with van der Waals surface area (Å²) < 4.78 is 5.65. The largest absolute Gasteiger partial charge is 0.444 e. The maximum Gasteiger partial charge on any atom is 0.307 e. The van der Waals surface area contributed by atoms with E-state index in [1.54, 1.807) is 12.1 Å². The van der Waals surface area contributed by atoms with Crippen molar-refractivity contribution < 1.29 is 9.21 Å². The maximum absolute atomic E-state index is 11.7. The lowest BCUT2D eigenvalue weighted by Gasteiger charge is -2.02. The molecule has 98 valence electrons. The summed E-state index contributed by atoms with van der Waals surface area (Å²) in [5.74, 6) is -0.162. The van der Waals surface area contributed by atoms with Gasteiger partial charge in [0.2, 0.25) is 0 Å². The van der Waals surface area contributed by atoms with Gasteiger partial charge in [0.15, 0.2) is 10.4 Å². The number of aryl methyl sites for hydroxylation is 1. The summed E-state index contributed by atoms with van der Waals surface area (Å²) in [6.45, 7) is 3.85. The molecule has 2 aromatic rings. The fourth-order valence-corrected chi connectivity index (χ4v) is 1.87. The number of hydrogen-bond acceptors (Lipinski definition) is 3. The van der Waals surface area contributed by atoms with Gasteiger partial charge in [0.05, 0.1) is 5.71 Å². The molecule has 0 radical (unpaired) electrons. The number of furan rings is 1. The Balaban J connectivity index is 2.08. The highest BCUT2D eigenvalue weighted by Crippen LogP contribution is 2.13. The minimum Gasteiger partial charge on any atom is -0.444 e. The Labute approximate surface area is 119 Å². The molecule has 1 aromatic carbocycles. The van der Waals surface area contributed by atoms with E-state index in [-0.39, 0.29) is 11.7 Å². The molecule has 4 nitrogen and oxygen atoms in total. The number of halogens is 1. The molecular weight excluding hydrogens is 308 g/mol. The summed E-state index contributed by atoms with van der Waals surface area (Å²) in [4.78, 5) is 11.7. The fraction of sp³-hybridized carbons (Fsp3) is 0.143. The van der Waals surface area contributed by atoms with Gasteiger partial charge in [-0.15, -0.1) is 0 Å². The van der Waals surface area contributed by atoms with Crippen molar-refractivity contribution in [3.05, 3.63) is 58.0 Å². The van der Waals surface area contributed by atoms with Crippen LogP contribution >= 0.6 is 15.9 Å². The van der Waals surface area contributed by atoms with E-state index < -0.39 is 0 Å². The van der Waals surface area contributed by atoms with Crippen LogP contribution in [0.3, 0.4) is 0 Å². The lowest BCUT2D eigenvalue weighted by atomic mass is 10.1. The predicted molar refractivity (Wildman–Crippen MR) is 77.3 cm³/mol. The average molecular weight is 321 g/mol. The van der Waals surface area contributed by atoms with Crippen molar-refractivity contribution in [2.24, 2.45) is 5.10 Å². The van der Waals surface area contributed by atoms with Crippen molar-refractivity contribution in [1.82, 2.24) is 5.43 Å². The Morgan fingerprint density at radius 2 is 2.11 bits per heavy atom. The van der Waals surface area contributed by atoms with E-state index >= 15 is 0 Å². The molecule has 1 heterocycles. The molecular formula is C14H13BrN2O2. The molecule has 0 aliphatic rings. The van der Waals surface area contributed by atoms with E-state index in [1.165, 1.54) is 0 Å². The van der Waals surface area contributed by atoms with Crippen LogP contribution in [0.2, 0.25) is 0 Å². The van der Waals surface area contributed by atoms with E-state index in [0.29, 0.717) is 4.67 Å². The molecule has 0 saturated carbocycles. The number of carbonyl (C=O) groups excluding carboxylic acids is 1. The van der Waals surface area contributed by atoms with Gasteiger partial charge >= 0.3 is 5.91 Å². The third kappa shape index (κ3) is 3.54. The van der Waals surface area contributed by atoms with Gasteiger partial charge in [0, 0.05) is 0 Å². The molecule has 0 aliphatic carbocycles. The number of nitrogens with zero attached hydrogens (tertiary/aromatic N) is 1. The zero-order valence-corrected chi connectivity index (χ0v) is 12.2. The molecule has 1 N–H and O–H groups in total. The lowest BCUT2D eigenvalue weighted by Crippen LogP contribution is -2.18. The minimum absolute atomic E-state index is 0.215. The third-order valence-electron chi connectivity index (χ3n) is 2.56. The van der Waals surface area contributed by atoms with Crippen LogP contribution < -0.4 is 5.43 Å². The topological polar surface area (TPSA) is 54.6 Å². The van der Waals surface area contributed by atoms with Crippen molar-refractivity contribution in [2.45, 2.75) is 13.8 Å². The molecule has 1 aromatic heterocycles. The average Bonchev–Trinajstić information content (AvgIpc) is 2.82. The van der Waals surface area contributed by atoms with Crippen LogP contribution in [0.1, 0.15) is 28.6 Å². The van der Waals surface area contributed by atoms with Gasteiger partial charge < -0.3 is 4.42 Å². The molecule has 5 heteroatoms. The molecule has 19 heavy (non-hydrogen) atoms. The molecule has 0 saturated heterocycles. The van der Waals surface area contributed by atoms with Gasteiger partial charge in [-0.05, 0) is 47.5 Å². The monoisotopic (exact) mass is 320 g/mol. The molecule has 0 bridgehead atoms. The second-order valence-electron chi connectivity index (χ2n) is 4.11. The molecule has 0 unspecified atom stereocenters. The van der Waals surface area contributed by atoms with Crippen LogP contribution in [0.15, 0.2) is 50.6 Å². The number of benzene rings is 1. The highest BCUT2D eigenvalue weighted by atomic mass is 79.9. The van der Waals surface area contributed by atoms with Crippen molar-refractivity contribution in [1.29, 1.82) is 0 Å². The van der Waals surface area contributed by atoms with E-state index in [1.807, 2.05) is 38.1 Å². The highest BCUT2D eigenvalue weighted by molar-refractivity contribution is 9.10. The standard InChI is InChI=1S/C14H13BrN2O2/c1-9-4-3-5-11(8-9)10(2)16-17-14(18)12-6-7-13(15)19-12/h3-8H,1-2H3,(H,17,18)/b16-10+. The molecule has 0 atom stereocenters. The first-order valence-corrected chi connectivity index (χ1v) is 6.52. The molecule has 0 spiro atoms. The normalized spacial score (nSPS) is 11.4. The van der Waals surface area contributed by atoms with Gasteiger partial charge in [-0.2, -0.15) is 5.10 Å². The summed E-state index contributed by atoms with van der Waals surface area (Å²) in [6, 6.07) is 11.2. The third-order valence-corrected chi connectivity index (χ3v) is 2.98. The van der Waals surface area contributed by atoms with Gasteiger partial charge in [-0.25, -0.2) is 5.43 Å². The number of carbonyl (C=O) groups is 1. The zero-order valence-electron chi connectivity index (χ0n) is 10.6. The molecule has 2 rings (SSSR count). The Kier molecular flexibility index (Phi) is 4.16. The van der Waals surface area contributed by atoms with Crippen LogP contribution in [0.4, 0.5) is 0 Å². The number of hydrogen-bond donors (Lipinski definition) is 1. The van der Waals surface area contributed by atoms with Crippen molar-refractivity contribution in [2.75, 3.05) is 0 Å². The summed E-state index contributed by atoms with van der Waals surface area (Å²) in [5, 5.41) is 4.06. The van der Waals surface area contributed by atoms with Crippen molar-refractivity contribution in [3.63, 3.8) is 0 Å². The van der Waals surface area contributed by atoms with Gasteiger partial charge in [0.1, 0.15) is 0 Å². The van der Waals surface area contributed by atoms with E-state index in [9.17, 15) is 4.79 Å².